The molecule has 0 heterocycles. The maximum Gasteiger partial charge on any atom is 0.175 e. The largest absolute Gasteiger partial charge is 0.409 e. The van der Waals surface area contributed by atoms with E-state index in [1.165, 1.54) is 18.0 Å². The van der Waals surface area contributed by atoms with Gasteiger partial charge in [-0.1, -0.05) is 35.1 Å². The molecule has 0 amide bonds. The zero-order valence-electron chi connectivity index (χ0n) is 11.2. The van der Waals surface area contributed by atoms with E-state index in [9.17, 15) is 8.42 Å². The van der Waals surface area contributed by atoms with Crippen molar-refractivity contribution in [2.45, 2.75) is 14.7 Å². The summed E-state index contributed by atoms with van der Waals surface area (Å²) >= 11 is 1.41. The van der Waals surface area contributed by atoms with Crippen LogP contribution in [0.5, 0.6) is 0 Å². The standard InChI is InChI=1S/C14H14N2O3S2/c1-21(18,19)11-8-6-10(7-9-11)20-13-5-3-2-4-12(13)14(15)16-17/h2-9,17H,1H3,(H2,15,16). The summed E-state index contributed by atoms with van der Waals surface area (Å²) in [7, 11) is -3.20. The van der Waals surface area contributed by atoms with Gasteiger partial charge in [0.25, 0.3) is 0 Å². The summed E-state index contributed by atoms with van der Waals surface area (Å²) in [5.74, 6) is 0.0332. The lowest BCUT2D eigenvalue weighted by molar-refractivity contribution is 0.318. The SMILES string of the molecule is CS(=O)(=O)c1ccc(Sc2ccccc2C(N)=NO)cc1. The second-order valence-electron chi connectivity index (χ2n) is 4.33. The van der Waals surface area contributed by atoms with Crippen LogP contribution in [0.25, 0.3) is 0 Å². The lowest BCUT2D eigenvalue weighted by Gasteiger charge is -2.08. The molecule has 21 heavy (non-hydrogen) atoms. The van der Waals surface area contributed by atoms with Gasteiger partial charge in [-0.15, -0.1) is 0 Å². The van der Waals surface area contributed by atoms with Gasteiger partial charge < -0.3 is 10.9 Å². The Bertz CT molecular complexity index is 769. The van der Waals surface area contributed by atoms with Gasteiger partial charge in [-0.05, 0) is 30.3 Å². The van der Waals surface area contributed by atoms with E-state index in [1.807, 2.05) is 12.1 Å². The average Bonchev–Trinajstić information content (AvgIpc) is 2.46. The Hall–Kier alpha value is -1.99. The first-order valence-corrected chi connectivity index (χ1v) is 8.67. The number of sulfone groups is 1. The molecule has 0 saturated carbocycles. The molecule has 0 bridgehead atoms. The number of rotatable bonds is 4. The van der Waals surface area contributed by atoms with Crippen LogP contribution >= 0.6 is 11.8 Å². The van der Waals surface area contributed by atoms with Gasteiger partial charge in [0.15, 0.2) is 15.7 Å². The Morgan fingerprint density at radius 3 is 2.33 bits per heavy atom. The fourth-order valence-electron chi connectivity index (χ4n) is 1.70. The summed E-state index contributed by atoms with van der Waals surface area (Å²) in [6, 6.07) is 13.8. The Morgan fingerprint density at radius 2 is 1.76 bits per heavy atom. The third-order valence-electron chi connectivity index (χ3n) is 2.75. The number of hydrogen-bond donors (Lipinski definition) is 2. The molecule has 2 rings (SSSR count). The number of hydrogen-bond acceptors (Lipinski definition) is 5. The Balaban J connectivity index is 2.31. The number of oxime groups is 1. The maximum absolute atomic E-state index is 11.4. The first-order valence-electron chi connectivity index (χ1n) is 5.96. The van der Waals surface area contributed by atoms with Crippen LogP contribution in [0.2, 0.25) is 0 Å². The second kappa shape index (κ2) is 6.19. The van der Waals surface area contributed by atoms with Crippen molar-refractivity contribution in [1.82, 2.24) is 0 Å². The Kier molecular flexibility index (Phi) is 4.54. The van der Waals surface area contributed by atoms with E-state index in [0.717, 1.165) is 9.79 Å². The minimum atomic E-state index is -3.20. The molecule has 0 unspecified atom stereocenters. The average molecular weight is 322 g/mol. The highest BCUT2D eigenvalue weighted by Gasteiger charge is 2.10. The van der Waals surface area contributed by atoms with Gasteiger partial charge in [-0.25, -0.2) is 8.42 Å². The fourth-order valence-corrected chi connectivity index (χ4v) is 3.29. The summed E-state index contributed by atoms with van der Waals surface area (Å²) in [6.45, 7) is 0. The Morgan fingerprint density at radius 1 is 1.14 bits per heavy atom. The van der Waals surface area contributed by atoms with Crippen molar-refractivity contribution in [3.63, 3.8) is 0 Å². The van der Waals surface area contributed by atoms with Crippen LogP contribution in [0.4, 0.5) is 0 Å². The molecule has 2 aromatic carbocycles. The molecule has 0 spiro atoms. The van der Waals surface area contributed by atoms with Crippen LogP contribution in [-0.2, 0) is 9.84 Å². The third-order valence-corrected chi connectivity index (χ3v) is 4.96. The third kappa shape index (κ3) is 3.77. The van der Waals surface area contributed by atoms with Crippen LogP contribution in [0.1, 0.15) is 5.56 Å². The molecule has 0 aliphatic rings. The van der Waals surface area contributed by atoms with Crippen LogP contribution in [0.15, 0.2) is 68.4 Å². The first kappa shape index (κ1) is 15.4. The normalized spacial score (nSPS) is 12.3. The second-order valence-corrected chi connectivity index (χ2v) is 7.46. The van der Waals surface area contributed by atoms with Gasteiger partial charge in [-0.3, -0.25) is 0 Å². The number of benzene rings is 2. The van der Waals surface area contributed by atoms with Crippen molar-refractivity contribution in [2.75, 3.05) is 6.26 Å². The van der Waals surface area contributed by atoms with Gasteiger partial charge >= 0.3 is 0 Å². The molecule has 5 nitrogen and oxygen atoms in total. The van der Waals surface area contributed by atoms with Crippen molar-refractivity contribution in [3.05, 3.63) is 54.1 Å². The van der Waals surface area contributed by atoms with Crippen LogP contribution in [-0.4, -0.2) is 25.7 Å². The van der Waals surface area contributed by atoms with Crippen molar-refractivity contribution in [2.24, 2.45) is 10.9 Å². The zero-order chi connectivity index (χ0) is 15.5. The van der Waals surface area contributed by atoms with Gasteiger partial charge in [0.2, 0.25) is 0 Å². The van der Waals surface area contributed by atoms with Crippen molar-refractivity contribution >= 4 is 27.4 Å². The zero-order valence-corrected chi connectivity index (χ0v) is 12.9. The summed E-state index contributed by atoms with van der Waals surface area (Å²) < 4.78 is 22.8. The Labute approximate surface area is 127 Å². The van der Waals surface area contributed by atoms with E-state index in [1.54, 1.807) is 36.4 Å². The van der Waals surface area contributed by atoms with E-state index in [-0.39, 0.29) is 10.7 Å². The predicted octanol–water partition coefficient (Wildman–Crippen LogP) is 2.34. The molecule has 0 aliphatic heterocycles. The summed E-state index contributed by atoms with van der Waals surface area (Å²) in [5.41, 5.74) is 6.26. The highest BCUT2D eigenvalue weighted by molar-refractivity contribution is 7.99. The van der Waals surface area contributed by atoms with Crippen molar-refractivity contribution in [3.8, 4) is 0 Å². The smallest absolute Gasteiger partial charge is 0.175 e. The molecule has 110 valence electrons. The van der Waals surface area contributed by atoms with Crippen LogP contribution in [0, 0.1) is 0 Å². The summed E-state index contributed by atoms with van der Waals surface area (Å²) in [6.07, 6.45) is 1.17. The molecule has 0 atom stereocenters. The quantitative estimate of drug-likeness (QED) is 0.390. The number of amidine groups is 1. The van der Waals surface area contributed by atoms with Gasteiger partial charge in [0.1, 0.15) is 0 Å². The molecule has 0 fully saturated rings. The fraction of sp³-hybridized carbons (Fsp3) is 0.0714. The van der Waals surface area contributed by atoms with E-state index < -0.39 is 9.84 Å². The van der Waals surface area contributed by atoms with E-state index in [0.29, 0.717) is 5.56 Å². The lowest BCUT2D eigenvalue weighted by atomic mass is 10.2. The highest BCUT2D eigenvalue weighted by Crippen LogP contribution is 2.31. The van der Waals surface area contributed by atoms with E-state index in [2.05, 4.69) is 5.16 Å². The highest BCUT2D eigenvalue weighted by atomic mass is 32.2. The molecule has 2 aromatic rings. The summed E-state index contributed by atoms with van der Waals surface area (Å²) in [4.78, 5) is 1.96. The van der Waals surface area contributed by atoms with Crippen molar-refractivity contribution < 1.29 is 13.6 Å². The molecule has 3 N–H and O–H groups in total. The monoisotopic (exact) mass is 322 g/mol. The van der Waals surface area contributed by atoms with Gasteiger partial charge in [0, 0.05) is 21.6 Å². The van der Waals surface area contributed by atoms with Crippen LogP contribution in [0.3, 0.4) is 0 Å². The molecular formula is C14H14N2O3S2. The molecule has 0 aromatic heterocycles. The maximum atomic E-state index is 11.4. The van der Waals surface area contributed by atoms with Gasteiger partial charge in [0.05, 0.1) is 4.90 Å². The molecule has 0 radical (unpaired) electrons. The van der Waals surface area contributed by atoms with E-state index >= 15 is 0 Å². The molecule has 0 saturated heterocycles. The number of nitrogens with two attached hydrogens (primary N) is 1. The van der Waals surface area contributed by atoms with Crippen molar-refractivity contribution in [1.29, 1.82) is 0 Å². The minimum Gasteiger partial charge on any atom is -0.409 e. The molecular weight excluding hydrogens is 308 g/mol. The van der Waals surface area contributed by atoms with Gasteiger partial charge in [-0.2, -0.15) is 0 Å². The van der Waals surface area contributed by atoms with E-state index in [4.69, 9.17) is 10.9 Å². The first-order chi connectivity index (χ1) is 9.91. The predicted molar refractivity (Wildman–Crippen MR) is 82.6 cm³/mol. The molecule has 7 heteroatoms. The molecule has 0 aliphatic carbocycles. The number of nitrogens with zero attached hydrogens (tertiary/aromatic N) is 1. The summed E-state index contributed by atoms with van der Waals surface area (Å²) in [5, 5.41) is 11.8. The minimum absolute atomic E-state index is 0.0332. The topological polar surface area (TPSA) is 92.8 Å². The lowest BCUT2D eigenvalue weighted by Crippen LogP contribution is -2.13. The van der Waals surface area contributed by atoms with Crippen LogP contribution < -0.4 is 5.73 Å².